The van der Waals surface area contributed by atoms with Gasteiger partial charge in [-0.1, -0.05) is 25.7 Å². The molecule has 5 heteroatoms. The molecule has 21 heavy (non-hydrogen) atoms. The highest BCUT2D eigenvalue weighted by molar-refractivity contribution is 5.85. The maximum absolute atomic E-state index is 12.3. The van der Waals surface area contributed by atoms with Gasteiger partial charge in [0.15, 0.2) is 0 Å². The fraction of sp³-hybridized carbons (Fsp3) is 0.875. The van der Waals surface area contributed by atoms with Crippen molar-refractivity contribution in [3.8, 4) is 0 Å². The van der Waals surface area contributed by atoms with Crippen molar-refractivity contribution in [1.82, 2.24) is 10.2 Å². The topological polar surface area (TPSA) is 58.6 Å². The minimum absolute atomic E-state index is 0.00317. The molecule has 1 saturated heterocycles. The minimum atomic E-state index is -0.0735. The third-order valence-electron chi connectivity index (χ3n) is 5.51. The first-order valence-electron chi connectivity index (χ1n) is 8.35. The summed E-state index contributed by atoms with van der Waals surface area (Å²) in [5.41, 5.74) is 0.350. The first kappa shape index (κ1) is 14.8. The van der Waals surface area contributed by atoms with E-state index in [0.717, 1.165) is 6.42 Å². The molecule has 1 heterocycles. The number of hydrogen-bond acceptors (Lipinski definition) is 3. The summed E-state index contributed by atoms with van der Waals surface area (Å²) in [6, 6.07) is 0.317. The van der Waals surface area contributed by atoms with Crippen LogP contribution in [0.5, 0.6) is 0 Å². The maximum Gasteiger partial charge on any atom is 0.249 e. The molecule has 1 atom stereocenters. The summed E-state index contributed by atoms with van der Waals surface area (Å²) >= 11 is 0. The Kier molecular flexibility index (Phi) is 4.48. The predicted molar refractivity (Wildman–Crippen MR) is 78.7 cm³/mol. The lowest BCUT2D eigenvalue weighted by atomic mass is 9.69. The third kappa shape index (κ3) is 3.23. The second-order valence-corrected chi connectivity index (χ2v) is 6.80. The van der Waals surface area contributed by atoms with E-state index in [1.165, 1.54) is 44.9 Å². The van der Waals surface area contributed by atoms with Gasteiger partial charge in [-0.3, -0.25) is 9.59 Å². The molecule has 0 aromatic rings. The molecule has 3 fully saturated rings. The highest BCUT2D eigenvalue weighted by Gasteiger charge is 2.43. The number of nitrogens with one attached hydrogen (secondary N) is 1. The lowest BCUT2D eigenvalue weighted by molar-refractivity contribution is -0.146. The number of ether oxygens (including phenoxy) is 1. The quantitative estimate of drug-likeness (QED) is 0.857. The predicted octanol–water partition coefficient (Wildman–Crippen LogP) is 1.46. The number of amides is 2. The molecule has 0 radical (unpaired) electrons. The van der Waals surface area contributed by atoms with Crippen molar-refractivity contribution in [2.45, 2.75) is 57.4 Å². The SMILES string of the molecule is O=C(CN1CCOCC1=O)N[C@@H]1CCCCC12CCCC2. The number of hydrogen-bond donors (Lipinski definition) is 1. The van der Waals surface area contributed by atoms with Crippen molar-refractivity contribution < 1.29 is 14.3 Å². The second-order valence-electron chi connectivity index (χ2n) is 6.80. The van der Waals surface area contributed by atoms with Crippen LogP contribution in [0.3, 0.4) is 0 Å². The molecule has 5 nitrogen and oxygen atoms in total. The number of rotatable bonds is 3. The normalized spacial score (nSPS) is 28.9. The van der Waals surface area contributed by atoms with E-state index in [1.807, 2.05) is 0 Å². The lowest BCUT2D eigenvalue weighted by Gasteiger charge is -2.42. The molecule has 0 bridgehead atoms. The van der Waals surface area contributed by atoms with Crippen LogP contribution >= 0.6 is 0 Å². The van der Waals surface area contributed by atoms with Gasteiger partial charge in [-0.2, -0.15) is 0 Å². The Balaban J connectivity index is 1.56. The van der Waals surface area contributed by atoms with Gasteiger partial charge in [-0.25, -0.2) is 0 Å². The second kappa shape index (κ2) is 6.34. The monoisotopic (exact) mass is 294 g/mol. The molecule has 0 aromatic carbocycles. The zero-order valence-corrected chi connectivity index (χ0v) is 12.7. The van der Waals surface area contributed by atoms with E-state index in [9.17, 15) is 9.59 Å². The minimum Gasteiger partial charge on any atom is -0.370 e. The van der Waals surface area contributed by atoms with Crippen LogP contribution in [-0.2, 0) is 14.3 Å². The van der Waals surface area contributed by atoms with E-state index >= 15 is 0 Å². The van der Waals surface area contributed by atoms with Gasteiger partial charge >= 0.3 is 0 Å². The highest BCUT2D eigenvalue weighted by Crippen LogP contribution is 2.48. The molecule has 3 aliphatic rings. The van der Waals surface area contributed by atoms with E-state index in [4.69, 9.17) is 4.74 Å². The van der Waals surface area contributed by atoms with Crippen molar-refractivity contribution in [2.24, 2.45) is 5.41 Å². The van der Waals surface area contributed by atoms with Crippen molar-refractivity contribution in [3.05, 3.63) is 0 Å². The number of carbonyl (C=O) groups is 2. The molecule has 1 spiro atoms. The summed E-state index contributed by atoms with van der Waals surface area (Å²) in [5.74, 6) is -0.0703. The Morgan fingerprint density at radius 3 is 2.67 bits per heavy atom. The molecule has 2 saturated carbocycles. The van der Waals surface area contributed by atoms with Crippen LogP contribution in [0, 0.1) is 5.41 Å². The number of morpholine rings is 1. The Labute approximate surface area is 126 Å². The van der Waals surface area contributed by atoms with Gasteiger partial charge in [-0.15, -0.1) is 0 Å². The molecule has 1 N–H and O–H groups in total. The van der Waals surface area contributed by atoms with E-state index in [2.05, 4.69) is 5.32 Å². The smallest absolute Gasteiger partial charge is 0.249 e. The molecule has 0 aromatic heterocycles. The number of carbonyl (C=O) groups excluding carboxylic acids is 2. The summed E-state index contributed by atoms with van der Waals surface area (Å²) in [4.78, 5) is 25.6. The van der Waals surface area contributed by atoms with Crippen LogP contribution < -0.4 is 5.32 Å². The summed E-state index contributed by atoms with van der Waals surface area (Å²) in [6.07, 6.45) is 9.99. The molecular weight excluding hydrogens is 268 g/mol. The Hall–Kier alpha value is -1.10. The van der Waals surface area contributed by atoms with Gasteiger partial charge in [-0.05, 0) is 31.1 Å². The van der Waals surface area contributed by atoms with E-state index in [0.29, 0.717) is 24.6 Å². The van der Waals surface area contributed by atoms with Gasteiger partial charge < -0.3 is 15.0 Å². The van der Waals surface area contributed by atoms with Crippen LogP contribution in [0.1, 0.15) is 51.4 Å². The summed E-state index contributed by atoms with van der Waals surface area (Å²) in [7, 11) is 0. The summed E-state index contributed by atoms with van der Waals surface area (Å²) in [6.45, 7) is 1.36. The van der Waals surface area contributed by atoms with E-state index in [-0.39, 0.29) is 25.0 Å². The zero-order chi connectivity index (χ0) is 14.7. The standard InChI is InChI=1S/C16H26N2O3/c19-14(11-18-9-10-21-12-15(18)20)17-13-5-1-2-6-16(13)7-3-4-8-16/h13H,1-12H2,(H,17,19)/t13-/m1/s1. The van der Waals surface area contributed by atoms with Gasteiger partial charge in [0, 0.05) is 12.6 Å². The van der Waals surface area contributed by atoms with Crippen LogP contribution in [0.4, 0.5) is 0 Å². The van der Waals surface area contributed by atoms with Crippen LogP contribution in [-0.4, -0.2) is 49.1 Å². The van der Waals surface area contributed by atoms with Crippen molar-refractivity contribution in [1.29, 1.82) is 0 Å². The first-order chi connectivity index (χ1) is 10.2. The molecule has 1 aliphatic heterocycles. The molecule has 2 aliphatic carbocycles. The highest BCUT2D eigenvalue weighted by atomic mass is 16.5. The van der Waals surface area contributed by atoms with E-state index < -0.39 is 0 Å². The van der Waals surface area contributed by atoms with Crippen molar-refractivity contribution in [2.75, 3.05) is 26.3 Å². The number of nitrogens with zero attached hydrogens (tertiary/aromatic N) is 1. The molecular formula is C16H26N2O3. The van der Waals surface area contributed by atoms with Gasteiger partial charge in [0.2, 0.25) is 11.8 Å². The molecule has 118 valence electrons. The largest absolute Gasteiger partial charge is 0.370 e. The Morgan fingerprint density at radius 2 is 1.95 bits per heavy atom. The van der Waals surface area contributed by atoms with Crippen LogP contribution in [0.2, 0.25) is 0 Å². The molecule has 2 amide bonds. The fourth-order valence-electron chi connectivity index (χ4n) is 4.34. The van der Waals surface area contributed by atoms with Gasteiger partial charge in [0.25, 0.3) is 0 Å². The lowest BCUT2D eigenvalue weighted by Crippen LogP contribution is -2.53. The van der Waals surface area contributed by atoms with Crippen molar-refractivity contribution in [3.63, 3.8) is 0 Å². The third-order valence-corrected chi connectivity index (χ3v) is 5.51. The fourth-order valence-corrected chi connectivity index (χ4v) is 4.34. The average Bonchev–Trinajstić information content (AvgIpc) is 2.93. The summed E-state index contributed by atoms with van der Waals surface area (Å²) in [5, 5.41) is 3.25. The van der Waals surface area contributed by atoms with E-state index in [1.54, 1.807) is 4.90 Å². The Bertz CT molecular complexity index is 404. The molecule has 3 rings (SSSR count). The zero-order valence-electron chi connectivity index (χ0n) is 12.7. The summed E-state index contributed by atoms with van der Waals surface area (Å²) < 4.78 is 5.10. The van der Waals surface area contributed by atoms with Gasteiger partial charge in [0.1, 0.15) is 6.61 Å². The van der Waals surface area contributed by atoms with Crippen LogP contribution in [0.25, 0.3) is 0 Å². The van der Waals surface area contributed by atoms with Crippen molar-refractivity contribution >= 4 is 11.8 Å². The first-order valence-corrected chi connectivity index (χ1v) is 8.35. The maximum atomic E-state index is 12.3. The molecule has 0 unspecified atom stereocenters. The van der Waals surface area contributed by atoms with Gasteiger partial charge in [0.05, 0.1) is 13.2 Å². The van der Waals surface area contributed by atoms with Crippen LogP contribution in [0.15, 0.2) is 0 Å². The average molecular weight is 294 g/mol. The Morgan fingerprint density at radius 1 is 1.24 bits per heavy atom.